The van der Waals surface area contributed by atoms with Gasteiger partial charge in [0, 0.05) is 25.2 Å². The van der Waals surface area contributed by atoms with Gasteiger partial charge < -0.3 is 16.0 Å². The Hall–Kier alpha value is -1.22. The Morgan fingerprint density at radius 3 is 2.60 bits per heavy atom. The number of para-hydroxylation sites is 2. The average Bonchev–Trinajstić information content (AvgIpc) is 2.49. The molecule has 0 spiro atoms. The van der Waals surface area contributed by atoms with E-state index < -0.39 is 0 Å². The van der Waals surface area contributed by atoms with E-state index in [1.165, 1.54) is 63.0 Å². The lowest BCUT2D eigenvalue weighted by Gasteiger charge is -2.33. The molecular formula is C17H27N3. The van der Waals surface area contributed by atoms with Gasteiger partial charge >= 0.3 is 0 Å². The molecule has 1 saturated carbocycles. The fraction of sp³-hybridized carbons (Fsp3) is 0.647. The number of rotatable bonds is 3. The highest BCUT2D eigenvalue weighted by Gasteiger charge is 2.21. The molecule has 1 aliphatic carbocycles. The zero-order valence-electron chi connectivity index (χ0n) is 12.4. The third kappa shape index (κ3) is 3.26. The molecule has 3 nitrogen and oxygen atoms in total. The first-order valence-corrected chi connectivity index (χ1v) is 8.19. The van der Waals surface area contributed by atoms with Crippen molar-refractivity contribution < 1.29 is 0 Å². The van der Waals surface area contributed by atoms with E-state index in [0.717, 1.165) is 6.42 Å². The van der Waals surface area contributed by atoms with Gasteiger partial charge in [0.05, 0.1) is 11.4 Å². The van der Waals surface area contributed by atoms with Gasteiger partial charge in [-0.05, 0) is 57.1 Å². The van der Waals surface area contributed by atoms with Crippen molar-refractivity contribution in [2.24, 2.45) is 5.73 Å². The highest BCUT2D eigenvalue weighted by atomic mass is 15.2. The minimum atomic E-state index is 0.378. The van der Waals surface area contributed by atoms with Gasteiger partial charge in [0.2, 0.25) is 0 Å². The second-order valence-corrected chi connectivity index (χ2v) is 6.33. The topological polar surface area (TPSA) is 41.3 Å². The maximum atomic E-state index is 6.11. The fourth-order valence-corrected chi connectivity index (χ4v) is 3.58. The molecule has 110 valence electrons. The first-order valence-electron chi connectivity index (χ1n) is 8.19. The van der Waals surface area contributed by atoms with Crippen molar-refractivity contribution in [3.63, 3.8) is 0 Å². The molecule has 1 aromatic carbocycles. The van der Waals surface area contributed by atoms with Gasteiger partial charge in [-0.15, -0.1) is 0 Å². The molecule has 1 heterocycles. The molecule has 3 rings (SSSR count). The third-order valence-electron chi connectivity index (χ3n) is 4.68. The summed E-state index contributed by atoms with van der Waals surface area (Å²) < 4.78 is 0. The van der Waals surface area contributed by atoms with E-state index in [0.29, 0.717) is 12.1 Å². The standard InChI is InChI=1S/C17H27N3/c18-14-7-6-8-15(13-14)19-16-9-2-3-10-17(16)20-11-4-1-5-12-20/h2-3,9-10,14-15,19H,1,4-8,11-13,18H2. The van der Waals surface area contributed by atoms with E-state index >= 15 is 0 Å². The predicted octanol–water partition coefficient (Wildman–Crippen LogP) is 3.36. The highest BCUT2D eigenvalue weighted by molar-refractivity contribution is 5.70. The first kappa shape index (κ1) is 13.7. The molecule has 0 radical (unpaired) electrons. The van der Waals surface area contributed by atoms with Crippen LogP contribution in [0.15, 0.2) is 24.3 Å². The van der Waals surface area contributed by atoms with Crippen molar-refractivity contribution in [1.29, 1.82) is 0 Å². The van der Waals surface area contributed by atoms with Crippen LogP contribution < -0.4 is 16.0 Å². The number of nitrogens with zero attached hydrogens (tertiary/aromatic N) is 1. The number of anilines is 2. The highest BCUT2D eigenvalue weighted by Crippen LogP contribution is 2.30. The smallest absolute Gasteiger partial charge is 0.0602 e. The maximum Gasteiger partial charge on any atom is 0.0602 e. The molecule has 2 fully saturated rings. The lowest BCUT2D eigenvalue weighted by molar-refractivity contribution is 0.409. The van der Waals surface area contributed by atoms with E-state index in [1.807, 2.05) is 0 Å². The Morgan fingerprint density at radius 1 is 1.00 bits per heavy atom. The SMILES string of the molecule is NC1CCCC(Nc2ccccc2N2CCCCC2)C1. The van der Waals surface area contributed by atoms with Gasteiger partial charge in [-0.1, -0.05) is 12.1 Å². The number of hydrogen-bond donors (Lipinski definition) is 2. The van der Waals surface area contributed by atoms with Gasteiger partial charge in [-0.3, -0.25) is 0 Å². The number of piperidine rings is 1. The Balaban J connectivity index is 1.71. The average molecular weight is 273 g/mol. The zero-order chi connectivity index (χ0) is 13.8. The van der Waals surface area contributed by atoms with Crippen molar-refractivity contribution in [2.45, 2.75) is 57.0 Å². The fourth-order valence-electron chi connectivity index (χ4n) is 3.58. The van der Waals surface area contributed by atoms with Crippen molar-refractivity contribution in [2.75, 3.05) is 23.3 Å². The molecule has 2 aliphatic rings. The Bertz CT molecular complexity index is 426. The van der Waals surface area contributed by atoms with Crippen LogP contribution in [0, 0.1) is 0 Å². The van der Waals surface area contributed by atoms with Crippen LogP contribution >= 0.6 is 0 Å². The van der Waals surface area contributed by atoms with Crippen LogP contribution in [0.5, 0.6) is 0 Å². The summed E-state index contributed by atoms with van der Waals surface area (Å²) in [4.78, 5) is 2.54. The summed E-state index contributed by atoms with van der Waals surface area (Å²) in [7, 11) is 0. The van der Waals surface area contributed by atoms with E-state index in [4.69, 9.17) is 5.73 Å². The molecule has 0 bridgehead atoms. The summed E-state index contributed by atoms with van der Waals surface area (Å²) in [5.41, 5.74) is 8.79. The zero-order valence-corrected chi connectivity index (χ0v) is 12.4. The monoisotopic (exact) mass is 273 g/mol. The lowest BCUT2D eigenvalue weighted by atomic mass is 9.91. The van der Waals surface area contributed by atoms with Crippen molar-refractivity contribution in [3.05, 3.63) is 24.3 Å². The first-order chi connectivity index (χ1) is 9.83. The van der Waals surface area contributed by atoms with Crippen molar-refractivity contribution in [3.8, 4) is 0 Å². The van der Waals surface area contributed by atoms with Crippen molar-refractivity contribution >= 4 is 11.4 Å². The molecule has 1 saturated heterocycles. The van der Waals surface area contributed by atoms with Crippen LogP contribution in [0.1, 0.15) is 44.9 Å². The summed E-state index contributed by atoms with van der Waals surface area (Å²) in [6.07, 6.45) is 8.82. The normalized spacial score (nSPS) is 27.4. The number of benzene rings is 1. The lowest BCUT2D eigenvalue weighted by Crippen LogP contribution is -2.36. The van der Waals surface area contributed by atoms with Gasteiger partial charge in [0.1, 0.15) is 0 Å². The molecule has 2 atom stereocenters. The Morgan fingerprint density at radius 2 is 1.80 bits per heavy atom. The molecule has 0 amide bonds. The van der Waals surface area contributed by atoms with Crippen LogP contribution in [0.4, 0.5) is 11.4 Å². The van der Waals surface area contributed by atoms with Gasteiger partial charge in [-0.25, -0.2) is 0 Å². The van der Waals surface area contributed by atoms with E-state index in [2.05, 4.69) is 34.5 Å². The Kier molecular flexibility index (Phi) is 4.46. The number of nitrogens with two attached hydrogens (primary N) is 1. The quantitative estimate of drug-likeness (QED) is 0.887. The summed E-state index contributed by atoms with van der Waals surface area (Å²) in [5.74, 6) is 0. The maximum absolute atomic E-state index is 6.11. The van der Waals surface area contributed by atoms with Crippen LogP contribution in [0.25, 0.3) is 0 Å². The van der Waals surface area contributed by atoms with E-state index in [-0.39, 0.29) is 0 Å². The van der Waals surface area contributed by atoms with Crippen LogP contribution in [-0.4, -0.2) is 25.2 Å². The molecule has 20 heavy (non-hydrogen) atoms. The molecule has 1 aliphatic heterocycles. The largest absolute Gasteiger partial charge is 0.381 e. The summed E-state index contributed by atoms with van der Waals surface area (Å²) >= 11 is 0. The second kappa shape index (κ2) is 6.49. The Labute approximate surface area is 122 Å². The number of hydrogen-bond acceptors (Lipinski definition) is 3. The van der Waals surface area contributed by atoms with Crippen LogP contribution in [0.3, 0.4) is 0 Å². The molecule has 3 N–H and O–H groups in total. The molecule has 3 heteroatoms. The molecule has 0 aromatic heterocycles. The van der Waals surface area contributed by atoms with E-state index in [1.54, 1.807) is 0 Å². The second-order valence-electron chi connectivity index (χ2n) is 6.33. The predicted molar refractivity (Wildman–Crippen MR) is 86.4 cm³/mol. The van der Waals surface area contributed by atoms with Crippen LogP contribution in [0.2, 0.25) is 0 Å². The summed E-state index contributed by atoms with van der Waals surface area (Å²) in [6.45, 7) is 2.39. The number of nitrogens with one attached hydrogen (secondary N) is 1. The van der Waals surface area contributed by atoms with Gasteiger partial charge in [0.15, 0.2) is 0 Å². The van der Waals surface area contributed by atoms with Gasteiger partial charge in [-0.2, -0.15) is 0 Å². The molecular weight excluding hydrogens is 246 g/mol. The van der Waals surface area contributed by atoms with Gasteiger partial charge in [0.25, 0.3) is 0 Å². The summed E-state index contributed by atoms with van der Waals surface area (Å²) in [5, 5.41) is 3.76. The van der Waals surface area contributed by atoms with Crippen molar-refractivity contribution in [1.82, 2.24) is 0 Å². The third-order valence-corrected chi connectivity index (χ3v) is 4.68. The molecule has 1 aromatic rings. The van der Waals surface area contributed by atoms with E-state index in [9.17, 15) is 0 Å². The summed E-state index contributed by atoms with van der Waals surface area (Å²) in [6, 6.07) is 9.70. The molecule has 2 unspecified atom stereocenters. The minimum absolute atomic E-state index is 0.378. The minimum Gasteiger partial charge on any atom is -0.381 e. The van der Waals surface area contributed by atoms with Crippen LogP contribution in [-0.2, 0) is 0 Å².